The first-order chi connectivity index (χ1) is 10.9. The van der Waals surface area contributed by atoms with Gasteiger partial charge in [0.2, 0.25) is 5.95 Å². The standard InChI is InChI=1S/C14H21N5O4/c1-5-6-23-8-9(20)7-19-10-11(15-13(19)17(2)3)18(4)14(22)16-12(10)21/h5,9,20H,1,6-8H2,2-4H3,(H,16,21,22)/t9-/m0/s1. The highest BCUT2D eigenvalue weighted by molar-refractivity contribution is 5.74. The molecular weight excluding hydrogens is 302 g/mol. The number of ether oxygens (including phenoxy) is 1. The third-order valence-corrected chi connectivity index (χ3v) is 3.33. The van der Waals surface area contributed by atoms with E-state index in [1.54, 1.807) is 29.6 Å². The highest BCUT2D eigenvalue weighted by Crippen LogP contribution is 2.18. The number of hydrogen-bond acceptors (Lipinski definition) is 6. The molecule has 0 spiro atoms. The van der Waals surface area contributed by atoms with Crippen molar-refractivity contribution >= 4 is 17.1 Å². The number of rotatable bonds is 7. The maximum absolute atomic E-state index is 12.2. The maximum atomic E-state index is 12.2. The lowest BCUT2D eigenvalue weighted by molar-refractivity contribution is 0.0404. The Hall–Kier alpha value is -2.39. The first kappa shape index (κ1) is 17.0. The number of imidazole rings is 1. The average molecular weight is 323 g/mol. The first-order valence-electron chi connectivity index (χ1n) is 7.10. The van der Waals surface area contributed by atoms with Crippen molar-refractivity contribution in [3.05, 3.63) is 33.5 Å². The molecule has 0 bridgehead atoms. The molecule has 126 valence electrons. The van der Waals surface area contributed by atoms with Crippen molar-refractivity contribution in [2.24, 2.45) is 7.05 Å². The molecule has 2 rings (SSSR count). The number of H-pyrrole nitrogens is 1. The minimum atomic E-state index is -0.831. The zero-order chi connectivity index (χ0) is 17.1. The minimum Gasteiger partial charge on any atom is -0.389 e. The van der Waals surface area contributed by atoms with Gasteiger partial charge in [0.1, 0.15) is 0 Å². The Bertz CT molecular complexity index is 817. The van der Waals surface area contributed by atoms with Crippen molar-refractivity contribution in [1.82, 2.24) is 19.1 Å². The van der Waals surface area contributed by atoms with Gasteiger partial charge in [-0.3, -0.25) is 14.3 Å². The summed E-state index contributed by atoms with van der Waals surface area (Å²) in [6, 6.07) is 0. The summed E-state index contributed by atoms with van der Waals surface area (Å²) in [6.45, 7) is 4.08. The topological polar surface area (TPSA) is 105 Å². The number of hydrogen-bond donors (Lipinski definition) is 2. The van der Waals surface area contributed by atoms with Gasteiger partial charge >= 0.3 is 5.69 Å². The van der Waals surface area contributed by atoms with Crippen molar-refractivity contribution in [3.8, 4) is 0 Å². The van der Waals surface area contributed by atoms with Crippen LogP contribution in [0.4, 0.5) is 5.95 Å². The fourth-order valence-corrected chi connectivity index (χ4v) is 2.29. The van der Waals surface area contributed by atoms with E-state index in [1.165, 1.54) is 11.6 Å². The second-order valence-electron chi connectivity index (χ2n) is 5.39. The number of anilines is 1. The Kier molecular flexibility index (Phi) is 5.02. The summed E-state index contributed by atoms with van der Waals surface area (Å²) in [6.07, 6.45) is 0.758. The van der Waals surface area contributed by atoms with Crippen molar-refractivity contribution in [2.45, 2.75) is 12.6 Å². The van der Waals surface area contributed by atoms with Gasteiger partial charge in [-0.1, -0.05) is 6.08 Å². The molecule has 2 aromatic heterocycles. The van der Waals surface area contributed by atoms with Gasteiger partial charge in [0, 0.05) is 21.1 Å². The molecule has 0 fully saturated rings. The van der Waals surface area contributed by atoms with Gasteiger partial charge in [-0.15, -0.1) is 6.58 Å². The number of aliphatic hydroxyl groups excluding tert-OH is 1. The Morgan fingerprint density at radius 1 is 1.48 bits per heavy atom. The third-order valence-electron chi connectivity index (χ3n) is 3.33. The lowest BCUT2D eigenvalue weighted by Gasteiger charge is -2.17. The smallest absolute Gasteiger partial charge is 0.329 e. The summed E-state index contributed by atoms with van der Waals surface area (Å²) in [4.78, 5) is 32.2. The van der Waals surface area contributed by atoms with Gasteiger partial charge in [0.05, 0.1) is 25.9 Å². The minimum absolute atomic E-state index is 0.0994. The molecule has 0 saturated heterocycles. The summed E-state index contributed by atoms with van der Waals surface area (Å²) < 4.78 is 8.07. The van der Waals surface area contributed by atoms with E-state index in [0.717, 1.165) is 0 Å². The number of fused-ring (bicyclic) bond motifs is 1. The molecule has 0 saturated carbocycles. The van der Waals surface area contributed by atoms with Gasteiger partial charge in [-0.2, -0.15) is 4.98 Å². The molecule has 2 N–H and O–H groups in total. The highest BCUT2D eigenvalue weighted by Gasteiger charge is 2.20. The number of aromatic nitrogens is 4. The van der Waals surface area contributed by atoms with E-state index >= 15 is 0 Å². The van der Waals surface area contributed by atoms with Gasteiger partial charge in [0.15, 0.2) is 11.2 Å². The van der Waals surface area contributed by atoms with Crippen molar-refractivity contribution < 1.29 is 9.84 Å². The van der Waals surface area contributed by atoms with Crippen LogP contribution in [-0.2, 0) is 18.3 Å². The van der Waals surface area contributed by atoms with Crippen LogP contribution in [0.1, 0.15) is 0 Å². The molecule has 2 heterocycles. The second-order valence-corrected chi connectivity index (χ2v) is 5.39. The fraction of sp³-hybridized carbons (Fsp3) is 0.500. The van der Waals surface area contributed by atoms with E-state index in [2.05, 4.69) is 16.5 Å². The third kappa shape index (κ3) is 3.35. The number of aliphatic hydroxyl groups is 1. The van der Waals surface area contributed by atoms with Crippen LogP contribution >= 0.6 is 0 Å². The van der Waals surface area contributed by atoms with Gasteiger partial charge < -0.3 is 19.3 Å². The van der Waals surface area contributed by atoms with Crippen molar-refractivity contribution in [1.29, 1.82) is 0 Å². The molecule has 0 aliphatic rings. The second kappa shape index (κ2) is 6.80. The van der Waals surface area contributed by atoms with Gasteiger partial charge in [-0.25, -0.2) is 4.79 Å². The van der Waals surface area contributed by atoms with E-state index in [9.17, 15) is 14.7 Å². The number of nitrogens with zero attached hydrogens (tertiary/aromatic N) is 4. The quantitative estimate of drug-likeness (QED) is 0.503. The number of nitrogens with one attached hydrogen (secondary N) is 1. The molecule has 9 nitrogen and oxygen atoms in total. The number of aryl methyl sites for hydroxylation is 1. The van der Waals surface area contributed by atoms with Crippen LogP contribution in [0.2, 0.25) is 0 Å². The van der Waals surface area contributed by atoms with E-state index in [-0.39, 0.29) is 24.3 Å². The van der Waals surface area contributed by atoms with E-state index in [4.69, 9.17) is 4.74 Å². The predicted octanol–water partition coefficient (Wildman–Crippen LogP) is -0.947. The van der Waals surface area contributed by atoms with Crippen LogP contribution in [-0.4, -0.2) is 57.6 Å². The summed E-state index contributed by atoms with van der Waals surface area (Å²) in [5, 5.41) is 10.1. The Balaban J connectivity index is 2.50. The first-order valence-corrected chi connectivity index (χ1v) is 7.10. The van der Waals surface area contributed by atoms with Crippen LogP contribution < -0.4 is 16.1 Å². The van der Waals surface area contributed by atoms with Crippen LogP contribution in [0.3, 0.4) is 0 Å². The normalized spacial score (nSPS) is 12.5. The van der Waals surface area contributed by atoms with Crippen LogP contribution in [0.5, 0.6) is 0 Å². The highest BCUT2D eigenvalue weighted by atomic mass is 16.5. The molecule has 0 amide bonds. The predicted molar refractivity (Wildman–Crippen MR) is 86.9 cm³/mol. The molecule has 0 aromatic carbocycles. The zero-order valence-electron chi connectivity index (χ0n) is 13.4. The summed E-state index contributed by atoms with van der Waals surface area (Å²) in [7, 11) is 5.07. The molecular formula is C14H21N5O4. The SMILES string of the molecule is C=CCOC[C@@H](O)Cn1c(N(C)C)nc2c1c(=O)[nH]c(=O)n2C. The van der Waals surface area contributed by atoms with Crippen molar-refractivity contribution in [2.75, 3.05) is 32.2 Å². The molecule has 0 unspecified atom stereocenters. The van der Waals surface area contributed by atoms with Crippen LogP contribution in [0.15, 0.2) is 22.2 Å². The van der Waals surface area contributed by atoms with Crippen molar-refractivity contribution in [3.63, 3.8) is 0 Å². The molecule has 23 heavy (non-hydrogen) atoms. The largest absolute Gasteiger partial charge is 0.389 e. The monoisotopic (exact) mass is 323 g/mol. The van der Waals surface area contributed by atoms with Gasteiger partial charge in [0.25, 0.3) is 5.56 Å². The molecule has 0 radical (unpaired) electrons. The Morgan fingerprint density at radius 2 is 2.17 bits per heavy atom. The Labute approximate surface area is 132 Å². The fourth-order valence-electron chi connectivity index (χ4n) is 2.29. The van der Waals surface area contributed by atoms with Crippen LogP contribution in [0, 0.1) is 0 Å². The molecule has 1 atom stereocenters. The van der Waals surface area contributed by atoms with Gasteiger partial charge in [-0.05, 0) is 0 Å². The Morgan fingerprint density at radius 3 is 2.78 bits per heavy atom. The molecule has 9 heteroatoms. The maximum Gasteiger partial charge on any atom is 0.329 e. The van der Waals surface area contributed by atoms with E-state index in [1.807, 2.05) is 0 Å². The van der Waals surface area contributed by atoms with E-state index in [0.29, 0.717) is 12.6 Å². The molecule has 0 aliphatic carbocycles. The molecule has 2 aromatic rings. The lowest BCUT2D eigenvalue weighted by Crippen LogP contribution is -2.31. The average Bonchev–Trinajstić information content (AvgIpc) is 2.85. The summed E-state index contributed by atoms with van der Waals surface area (Å²) >= 11 is 0. The summed E-state index contributed by atoms with van der Waals surface area (Å²) in [5.74, 6) is 0.467. The summed E-state index contributed by atoms with van der Waals surface area (Å²) in [5.41, 5.74) is -0.574. The molecule has 0 aliphatic heterocycles. The van der Waals surface area contributed by atoms with E-state index < -0.39 is 17.4 Å². The number of aromatic amines is 1. The lowest BCUT2D eigenvalue weighted by atomic mass is 10.3. The van der Waals surface area contributed by atoms with Crippen LogP contribution in [0.25, 0.3) is 11.2 Å². The zero-order valence-corrected chi connectivity index (χ0v) is 13.4.